The van der Waals surface area contributed by atoms with Gasteiger partial charge in [-0.05, 0) is 49.6 Å². The molecule has 1 saturated heterocycles. The second kappa shape index (κ2) is 8.83. The molecule has 0 amide bonds. The van der Waals surface area contributed by atoms with E-state index in [0.717, 1.165) is 42.8 Å². The van der Waals surface area contributed by atoms with Crippen molar-refractivity contribution in [3.8, 4) is 5.75 Å². The molecule has 1 aromatic carbocycles. The van der Waals surface area contributed by atoms with Gasteiger partial charge in [-0.25, -0.2) is 0 Å². The Morgan fingerprint density at radius 3 is 2.95 bits per heavy atom. The van der Waals surface area contributed by atoms with Crippen LogP contribution in [0, 0.1) is 5.92 Å². The summed E-state index contributed by atoms with van der Waals surface area (Å²) in [5, 5.41) is 3.43. The average molecular weight is 349 g/mol. The molecule has 0 aromatic heterocycles. The van der Waals surface area contributed by atoms with E-state index in [1.54, 1.807) is 0 Å². The van der Waals surface area contributed by atoms with Gasteiger partial charge in [-0.3, -0.25) is 0 Å². The van der Waals surface area contributed by atoms with Crippen molar-refractivity contribution in [2.24, 2.45) is 5.92 Å². The van der Waals surface area contributed by atoms with Crippen molar-refractivity contribution in [2.75, 3.05) is 19.7 Å². The van der Waals surface area contributed by atoms with E-state index in [0.29, 0.717) is 5.92 Å². The Labute approximate surface area is 130 Å². The quantitative estimate of drug-likeness (QED) is 0.861. The Morgan fingerprint density at radius 1 is 1.42 bits per heavy atom. The molecule has 0 saturated carbocycles. The van der Waals surface area contributed by atoms with Crippen molar-refractivity contribution in [3.05, 3.63) is 28.2 Å². The molecule has 2 rings (SSSR count). The van der Waals surface area contributed by atoms with Gasteiger partial charge >= 0.3 is 0 Å². The van der Waals surface area contributed by atoms with Gasteiger partial charge < -0.3 is 10.1 Å². The maximum Gasteiger partial charge on any atom is 0.122 e. The van der Waals surface area contributed by atoms with E-state index in [4.69, 9.17) is 4.74 Å². The number of nitrogens with one attached hydrogen (secondary N) is 1. The van der Waals surface area contributed by atoms with Crippen molar-refractivity contribution >= 4 is 28.3 Å². The molecule has 1 aliphatic heterocycles. The minimum absolute atomic E-state index is 0. The zero-order valence-corrected chi connectivity index (χ0v) is 13.9. The maximum absolute atomic E-state index is 6.02. The number of halogens is 2. The molecule has 1 atom stereocenters. The van der Waals surface area contributed by atoms with E-state index < -0.39 is 0 Å². The number of ether oxygens (including phenoxy) is 1. The lowest BCUT2D eigenvalue weighted by Crippen LogP contribution is -2.33. The van der Waals surface area contributed by atoms with Crippen molar-refractivity contribution in [3.63, 3.8) is 0 Å². The third kappa shape index (κ3) is 5.33. The fourth-order valence-electron chi connectivity index (χ4n) is 2.43. The molecule has 1 aromatic rings. The highest BCUT2D eigenvalue weighted by atomic mass is 79.9. The molecular formula is C15H23BrClNO. The van der Waals surface area contributed by atoms with Gasteiger partial charge in [0, 0.05) is 16.9 Å². The standard InChI is InChI=1S/C15H22BrNO.ClH/c1-2-4-13-9-14(16)6-7-15(13)18-11-12-5-3-8-17-10-12;/h6-7,9,12,17H,2-5,8,10-11H2,1H3;1H. The summed E-state index contributed by atoms with van der Waals surface area (Å²) in [7, 11) is 0. The van der Waals surface area contributed by atoms with Crippen LogP contribution in [0.3, 0.4) is 0 Å². The highest BCUT2D eigenvalue weighted by Gasteiger charge is 2.14. The molecule has 0 radical (unpaired) electrons. The van der Waals surface area contributed by atoms with Crippen LogP contribution in [0.1, 0.15) is 31.7 Å². The molecule has 19 heavy (non-hydrogen) atoms. The van der Waals surface area contributed by atoms with Crippen LogP contribution in [0.25, 0.3) is 0 Å². The number of piperidine rings is 1. The van der Waals surface area contributed by atoms with Crippen LogP contribution in [0.2, 0.25) is 0 Å². The summed E-state index contributed by atoms with van der Waals surface area (Å²) in [6.45, 7) is 5.30. The summed E-state index contributed by atoms with van der Waals surface area (Å²) in [6, 6.07) is 6.33. The van der Waals surface area contributed by atoms with Gasteiger partial charge in [-0.2, -0.15) is 0 Å². The van der Waals surface area contributed by atoms with Gasteiger partial charge in [-0.15, -0.1) is 12.4 Å². The molecule has 108 valence electrons. The van der Waals surface area contributed by atoms with E-state index in [1.165, 1.54) is 18.4 Å². The number of benzene rings is 1. The van der Waals surface area contributed by atoms with Crippen molar-refractivity contribution in [1.29, 1.82) is 0 Å². The van der Waals surface area contributed by atoms with Crippen LogP contribution >= 0.6 is 28.3 Å². The molecule has 1 heterocycles. The number of aryl methyl sites for hydroxylation is 1. The fourth-order valence-corrected chi connectivity index (χ4v) is 2.84. The SMILES string of the molecule is CCCc1cc(Br)ccc1OCC1CCCNC1.Cl. The van der Waals surface area contributed by atoms with E-state index in [1.807, 2.05) is 0 Å². The van der Waals surface area contributed by atoms with Crippen LogP contribution in [-0.4, -0.2) is 19.7 Å². The van der Waals surface area contributed by atoms with Gasteiger partial charge in [0.05, 0.1) is 6.61 Å². The Morgan fingerprint density at radius 2 is 2.26 bits per heavy atom. The molecule has 4 heteroatoms. The predicted molar refractivity (Wildman–Crippen MR) is 86.5 cm³/mol. The monoisotopic (exact) mass is 347 g/mol. The largest absolute Gasteiger partial charge is 0.493 e. The Kier molecular flexibility index (Phi) is 7.81. The van der Waals surface area contributed by atoms with Crippen molar-refractivity contribution in [2.45, 2.75) is 32.6 Å². The predicted octanol–water partition coefficient (Wildman–Crippen LogP) is 4.20. The lowest BCUT2D eigenvalue weighted by Gasteiger charge is -2.23. The molecule has 0 bridgehead atoms. The highest BCUT2D eigenvalue weighted by molar-refractivity contribution is 9.10. The number of hydrogen-bond acceptors (Lipinski definition) is 2. The van der Waals surface area contributed by atoms with Gasteiger partial charge in [0.25, 0.3) is 0 Å². The Balaban J connectivity index is 0.00000180. The smallest absolute Gasteiger partial charge is 0.122 e. The van der Waals surface area contributed by atoms with Crippen LogP contribution in [0.15, 0.2) is 22.7 Å². The first kappa shape index (κ1) is 16.8. The summed E-state index contributed by atoms with van der Waals surface area (Å²) in [4.78, 5) is 0. The number of hydrogen-bond donors (Lipinski definition) is 1. The molecule has 1 N–H and O–H groups in total. The molecule has 2 nitrogen and oxygen atoms in total. The first-order valence-electron chi connectivity index (χ1n) is 6.91. The van der Waals surface area contributed by atoms with E-state index in [2.05, 4.69) is 46.4 Å². The van der Waals surface area contributed by atoms with Crippen LogP contribution in [0.4, 0.5) is 0 Å². The molecule has 1 aliphatic rings. The van der Waals surface area contributed by atoms with Gasteiger partial charge in [-0.1, -0.05) is 29.3 Å². The van der Waals surface area contributed by atoms with Gasteiger partial charge in [0.15, 0.2) is 0 Å². The molecule has 1 unspecified atom stereocenters. The van der Waals surface area contributed by atoms with Crippen LogP contribution < -0.4 is 10.1 Å². The van der Waals surface area contributed by atoms with Crippen LogP contribution in [0.5, 0.6) is 5.75 Å². The molecular weight excluding hydrogens is 326 g/mol. The summed E-state index contributed by atoms with van der Waals surface area (Å²) < 4.78 is 7.16. The van der Waals surface area contributed by atoms with Crippen LogP contribution in [-0.2, 0) is 6.42 Å². The second-order valence-electron chi connectivity index (χ2n) is 5.03. The zero-order valence-electron chi connectivity index (χ0n) is 11.5. The van der Waals surface area contributed by atoms with Gasteiger partial charge in [0.2, 0.25) is 0 Å². The van der Waals surface area contributed by atoms with E-state index in [-0.39, 0.29) is 12.4 Å². The van der Waals surface area contributed by atoms with E-state index in [9.17, 15) is 0 Å². The summed E-state index contributed by atoms with van der Waals surface area (Å²) in [5.74, 6) is 1.72. The minimum Gasteiger partial charge on any atom is -0.493 e. The average Bonchev–Trinajstić information content (AvgIpc) is 2.39. The second-order valence-corrected chi connectivity index (χ2v) is 5.94. The topological polar surface area (TPSA) is 21.3 Å². The molecule has 0 spiro atoms. The number of rotatable bonds is 5. The Hall–Kier alpha value is -0.250. The maximum atomic E-state index is 6.02. The first-order chi connectivity index (χ1) is 8.79. The fraction of sp³-hybridized carbons (Fsp3) is 0.600. The van der Waals surface area contributed by atoms with Crippen molar-refractivity contribution in [1.82, 2.24) is 5.32 Å². The van der Waals surface area contributed by atoms with Gasteiger partial charge in [0.1, 0.15) is 5.75 Å². The molecule has 0 aliphatic carbocycles. The minimum atomic E-state index is 0. The van der Waals surface area contributed by atoms with Crippen molar-refractivity contribution < 1.29 is 4.74 Å². The third-order valence-electron chi connectivity index (χ3n) is 3.42. The highest BCUT2D eigenvalue weighted by Crippen LogP contribution is 2.25. The lowest BCUT2D eigenvalue weighted by molar-refractivity contribution is 0.217. The summed E-state index contributed by atoms with van der Waals surface area (Å²) in [6.07, 6.45) is 4.79. The van der Waals surface area contributed by atoms with E-state index >= 15 is 0 Å². The molecule has 1 fully saturated rings. The third-order valence-corrected chi connectivity index (χ3v) is 3.91. The Bertz CT molecular complexity index is 380. The summed E-state index contributed by atoms with van der Waals surface area (Å²) >= 11 is 3.53. The lowest BCUT2D eigenvalue weighted by atomic mass is 10.0. The summed E-state index contributed by atoms with van der Waals surface area (Å²) in [5.41, 5.74) is 1.32. The first-order valence-corrected chi connectivity index (χ1v) is 7.71. The normalized spacial score (nSPS) is 18.7. The zero-order chi connectivity index (χ0) is 12.8.